The molecule has 2 rings (SSSR count). The third kappa shape index (κ3) is 4.37. The summed E-state index contributed by atoms with van der Waals surface area (Å²) < 4.78 is 11.1. The van der Waals surface area contributed by atoms with E-state index < -0.39 is 23.0 Å². The van der Waals surface area contributed by atoms with Crippen LogP contribution in [0.3, 0.4) is 0 Å². The van der Waals surface area contributed by atoms with Gasteiger partial charge in [0.2, 0.25) is 0 Å². The van der Waals surface area contributed by atoms with Gasteiger partial charge in [-0.1, -0.05) is 34.6 Å². The molecule has 8 nitrogen and oxygen atoms in total. The van der Waals surface area contributed by atoms with Crippen molar-refractivity contribution in [1.29, 1.82) is 0 Å². The molecule has 1 heterocycles. The van der Waals surface area contributed by atoms with E-state index >= 15 is 0 Å². The third-order valence-corrected chi connectivity index (χ3v) is 4.28. The molecule has 0 saturated carbocycles. The number of anilines is 1. The van der Waals surface area contributed by atoms with Crippen LogP contribution in [0, 0.1) is 22.0 Å². The van der Waals surface area contributed by atoms with E-state index in [1.54, 1.807) is 6.92 Å². The fourth-order valence-corrected chi connectivity index (χ4v) is 2.90. The van der Waals surface area contributed by atoms with Crippen molar-refractivity contribution < 1.29 is 24.0 Å². The summed E-state index contributed by atoms with van der Waals surface area (Å²) in [6.45, 7) is 9.55. The Labute approximate surface area is 158 Å². The molecule has 0 fully saturated rings. The Morgan fingerprint density at radius 1 is 1.33 bits per heavy atom. The Morgan fingerprint density at radius 2 is 2.00 bits per heavy atom. The van der Waals surface area contributed by atoms with Crippen LogP contribution in [0.15, 0.2) is 18.2 Å². The Morgan fingerprint density at radius 3 is 2.52 bits per heavy atom. The maximum Gasteiger partial charge on any atom is 0.329 e. The van der Waals surface area contributed by atoms with Crippen molar-refractivity contribution in [3.8, 4) is 5.75 Å². The number of nitrogens with zero attached hydrogens (tertiary/aromatic N) is 2. The molecule has 27 heavy (non-hydrogen) atoms. The van der Waals surface area contributed by atoms with Crippen LogP contribution in [0.25, 0.3) is 0 Å². The first-order valence-corrected chi connectivity index (χ1v) is 9.12. The molecule has 0 aliphatic carbocycles. The van der Waals surface area contributed by atoms with Gasteiger partial charge < -0.3 is 9.47 Å². The van der Waals surface area contributed by atoms with Crippen LogP contribution in [0.1, 0.15) is 41.0 Å². The summed E-state index contributed by atoms with van der Waals surface area (Å²) in [4.78, 5) is 37.6. The zero-order valence-electron chi connectivity index (χ0n) is 16.3. The smallest absolute Gasteiger partial charge is 0.329 e. The molecule has 0 spiro atoms. The second-order valence-electron chi connectivity index (χ2n) is 7.35. The number of carbonyl (C=O) groups excluding carboxylic acids is 2. The predicted octanol–water partition coefficient (Wildman–Crippen LogP) is 3.32. The standard InChI is InChI=1S/C19H26N2O6/c1-6-14(19(23)26-10-11(2)3)20-15-8-7-13(21(24)25)9-16(15)27-17(12(4)5)18(20)22/h7-9,11-12,14,17H,6,10H2,1-5H3. The molecule has 0 saturated heterocycles. The van der Waals surface area contributed by atoms with E-state index in [1.165, 1.54) is 23.1 Å². The lowest BCUT2D eigenvalue weighted by atomic mass is 10.0. The fourth-order valence-electron chi connectivity index (χ4n) is 2.90. The van der Waals surface area contributed by atoms with Gasteiger partial charge in [0.05, 0.1) is 23.3 Å². The van der Waals surface area contributed by atoms with Gasteiger partial charge in [-0.25, -0.2) is 4.79 Å². The molecule has 1 aliphatic heterocycles. The Hall–Kier alpha value is -2.64. The minimum Gasteiger partial charge on any atom is -0.478 e. The molecular formula is C19H26N2O6. The molecule has 1 aliphatic rings. The first-order valence-electron chi connectivity index (χ1n) is 9.12. The van der Waals surface area contributed by atoms with Crippen molar-refractivity contribution in [3.05, 3.63) is 28.3 Å². The molecule has 0 radical (unpaired) electrons. The first kappa shape index (κ1) is 20.7. The van der Waals surface area contributed by atoms with Crippen molar-refractivity contribution in [1.82, 2.24) is 0 Å². The van der Waals surface area contributed by atoms with Crippen LogP contribution >= 0.6 is 0 Å². The summed E-state index contributed by atoms with van der Waals surface area (Å²) in [5.41, 5.74) is 0.205. The van der Waals surface area contributed by atoms with Gasteiger partial charge in [-0.3, -0.25) is 19.8 Å². The van der Waals surface area contributed by atoms with Crippen molar-refractivity contribution >= 4 is 23.3 Å². The highest BCUT2D eigenvalue weighted by molar-refractivity contribution is 6.04. The fraction of sp³-hybridized carbons (Fsp3) is 0.579. The number of non-ortho nitro benzene ring substituents is 1. The number of hydrogen-bond acceptors (Lipinski definition) is 6. The molecule has 0 aromatic heterocycles. The molecule has 8 heteroatoms. The van der Waals surface area contributed by atoms with Crippen LogP contribution in [-0.2, 0) is 14.3 Å². The topological polar surface area (TPSA) is 99.0 Å². The number of fused-ring (bicyclic) bond motifs is 1. The lowest BCUT2D eigenvalue weighted by Crippen LogP contribution is -2.55. The zero-order chi connectivity index (χ0) is 20.3. The molecule has 148 valence electrons. The molecule has 0 bridgehead atoms. The summed E-state index contributed by atoms with van der Waals surface area (Å²) in [5.74, 6) is -0.618. The summed E-state index contributed by atoms with van der Waals surface area (Å²) in [6, 6.07) is 3.21. The van der Waals surface area contributed by atoms with Gasteiger partial charge in [-0.05, 0) is 24.3 Å². The number of carbonyl (C=O) groups is 2. The van der Waals surface area contributed by atoms with Crippen LogP contribution in [-0.4, -0.2) is 35.6 Å². The molecular weight excluding hydrogens is 352 g/mol. The van der Waals surface area contributed by atoms with Gasteiger partial charge in [0, 0.05) is 6.07 Å². The Kier molecular flexibility index (Phi) is 6.41. The Bertz CT molecular complexity index is 731. The van der Waals surface area contributed by atoms with Crippen LogP contribution in [0.5, 0.6) is 5.75 Å². The number of ether oxygens (including phenoxy) is 2. The molecule has 0 N–H and O–H groups in total. The lowest BCUT2D eigenvalue weighted by Gasteiger charge is -2.39. The van der Waals surface area contributed by atoms with Gasteiger partial charge in [0.15, 0.2) is 11.9 Å². The van der Waals surface area contributed by atoms with E-state index in [-0.39, 0.29) is 35.8 Å². The highest BCUT2D eigenvalue weighted by atomic mass is 16.6. The highest BCUT2D eigenvalue weighted by Gasteiger charge is 2.42. The van der Waals surface area contributed by atoms with E-state index in [0.717, 1.165) is 0 Å². The summed E-state index contributed by atoms with van der Waals surface area (Å²) >= 11 is 0. The largest absolute Gasteiger partial charge is 0.478 e. The first-order chi connectivity index (χ1) is 12.7. The Balaban J connectivity index is 2.47. The summed E-state index contributed by atoms with van der Waals surface area (Å²) in [7, 11) is 0. The maximum atomic E-state index is 13.1. The van der Waals surface area contributed by atoms with Crippen molar-refractivity contribution in [2.24, 2.45) is 11.8 Å². The van der Waals surface area contributed by atoms with Crippen LogP contribution in [0.2, 0.25) is 0 Å². The van der Waals surface area contributed by atoms with Crippen molar-refractivity contribution in [2.45, 2.75) is 53.2 Å². The number of esters is 1. The van der Waals surface area contributed by atoms with Crippen LogP contribution in [0.4, 0.5) is 11.4 Å². The van der Waals surface area contributed by atoms with Gasteiger partial charge in [-0.15, -0.1) is 0 Å². The highest BCUT2D eigenvalue weighted by Crippen LogP contribution is 2.40. The minimum absolute atomic E-state index is 0.138. The SMILES string of the molecule is CCC(C(=O)OCC(C)C)N1C(=O)C(C(C)C)Oc2cc([N+](=O)[O-])ccc21. The van der Waals surface area contributed by atoms with E-state index in [1.807, 2.05) is 27.7 Å². The minimum atomic E-state index is -0.827. The zero-order valence-corrected chi connectivity index (χ0v) is 16.3. The number of nitro groups is 1. The monoisotopic (exact) mass is 378 g/mol. The maximum absolute atomic E-state index is 13.1. The summed E-state index contributed by atoms with van der Waals surface area (Å²) in [6.07, 6.45) is -0.476. The molecule has 1 amide bonds. The number of hydrogen-bond donors (Lipinski definition) is 0. The third-order valence-electron chi connectivity index (χ3n) is 4.28. The average Bonchev–Trinajstić information content (AvgIpc) is 2.61. The van der Waals surface area contributed by atoms with Crippen LogP contribution < -0.4 is 9.64 Å². The number of rotatable bonds is 7. The predicted molar refractivity (Wildman–Crippen MR) is 99.7 cm³/mol. The lowest BCUT2D eigenvalue weighted by molar-refractivity contribution is -0.384. The van der Waals surface area contributed by atoms with Crippen molar-refractivity contribution in [3.63, 3.8) is 0 Å². The van der Waals surface area contributed by atoms with E-state index in [0.29, 0.717) is 12.1 Å². The van der Waals surface area contributed by atoms with E-state index in [9.17, 15) is 19.7 Å². The number of amides is 1. The van der Waals surface area contributed by atoms with Gasteiger partial charge in [-0.2, -0.15) is 0 Å². The van der Waals surface area contributed by atoms with Gasteiger partial charge in [0.1, 0.15) is 6.04 Å². The quantitative estimate of drug-likeness (QED) is 0.410. The van der Waals surface area contributed by atoms with E-state index in [2.05, 4.69) is 0 Å². The van der Waals surface area contributed by atoms with Gasteiger partial charge in [0.25, 0.3) is 11.6 Å². The average molecular weight is 378 g/mol. The molecule has 1 aromatic carbocycles. The molecule has 2 unspecified atom stereocenters. The van der Waals surface area contributed by atoms with Gasteiger partial charge >= 0.3 is 5.97 Å². The number of nitro benzene ring substituents is 1. The number of benzene rings is 1. The molecule has 2 atom stereocenters. The second kappa shape index (κ2) is 8.37. The summed E-state index contributed by atoms with van der Waals surface area (Å²) in [5, 5.41) is 11.1. The second-order valence-corrected chi connectivity index (χ2v) is 7.35. The normalized spacial score (nSPS) is 17.5. The van der Waals surface area contributed by atoms with E-state index in [4.69, 9.17) is 9.47 Å². The molecule has 1 aromatic rings. The van der Waals surface area contributed by atoms with Crippen molar-refractivity contribution in [2.75, 3.05) is 11.5 Å².